The van der Waals surface area contributed by atoms with E-state index in [1.54, 1.807) is 0 Å². The number of rotatable bonds is 2. The van der Waals surface area contributed by atoms with Gasteiger partial charge in [-0.1, -0.05) is 61.3 Å². The van der Waals surface area contributed by atoms with Crippen LogP contribution in [-0.4, -0.2) is 0 Å². The molecule has 0 radical (unpaired) electrons. The fourth-order valence-corrected chi connectivity index (χ4v) is 2.71. The molecule has 0 spiro atoms. The Morgan fingerprint density at radius 3 is 2.26 bits per heavy atom. The molecular formula is C16H17Cl2N. The zero-order valence-electron chi connectivity index (χ0n) is 11.3. The van der Waals surface area contributed by atoms with Crippen LogP contribution in [0, 0.1) is 6.92 Å². The van der Waals surface area contributed by atoms with Crippen LogP contribution in [0.4, 0.5) is 5.69 Å². The molecule has 0 saturated carbocycles. The van der Waals surface area contributed by atoms with Gasteiger partial charge in [0.25, 0.3) is 0 Å². The molecule has 2 aromatic rings. The molecule has 0 bridgehead atoms. The Labute approximate surface area is 124 Å². The van der Waals surface area contributed by atoms with E-state index in [-0.39, 0.29) is 0 Å². The minimum absolute atomic E-state index is 0.349. The van der Waals surface area contributed by atoms with Crippen LogP contribution in [0.1, 0.15) is 30.9 Å². The second-order valence-electron chi connectivity index (χ2n) is 5.06. The number of benzene rings is 2. The Bertz CT molecular complexity index is 618. The Hall–Kier alpha value is -1.18. The summed E-state index contributed by atoms with van der Waals surface area (Å²) in [7, 11) is 0. The fraction of sp³-hybridized carbons (Fsp3) is 0.250. The SMILES string of the molecule is Cc1ccc(-c2ccc(C(C)C)c(Cl)c2Cl)cc1N. The van der Waals surface area contributed by atoms with Gasteiger partial charge in [-0.2, -0.15) is 0 Å². The van der Waals surface area contributed by atoms with Crippen molar-refractivity contribution in [2.45, 2.75) is 26.7 Å². The van der Waals surface area contributed by atoms with E-state index in [1.165, 1.54) is 0 Å². The quantitative estimate of drug-likeness (QED) is 0.709. The molecule has 19 heavy (non-hydrogen) atoms. The van der Waals surface area contributed by atoms with E-state index in [2.05, 4.69) is 13.8 Å². The highest BCUT2D eigenvalue weighted by Crippen LogP contribution is 2.39. The molecule has 0 aliphatic rings. The van der Waals surface area contributed by atoms with Crippen LogP contribution in [-0.2, 0) is 0 Å². The zero-order chi connectivity index (χ0) is 14.2. The predicted octanol–water partition coefficient (Wildman–Crippen LogP) is 5.67. The molecule has 1 nitrogen and oxygen atoms in total. The second kappa shape index (κ2) is 5.44. The maximum absolute atomic E-state index is 6.40. The Morgan fingerprint density at radius 2 is 1.68 bits per heavy atom. The molecule has 2 aromatic carbocycles. The van der Waals surface area contributed by atoms with Gasteiger partial charge in [0, 0.05) is 11.3 Å². The molecule has 0 fully saturated rings. The summed E-state index contributed by atoms with van der Waals surface area (Å²) in [5, 5.41) is 1.23. The summed E-state index contributed by atoms with van der Waals surface area (Å²) >= 11 is 12.7. The number of nitrogens with two attached hydrogens (primary N) is 1. The molecule has 100 valence electrons. The lowest BCUT2D eigenvalue weighted by atomic mass is 9.97. The monoisotopic (exact) mass is 293 g/mol. The van der Waals surface area contributed by atoms with Crippen molar-refractivity contribution in [3.8, 4) is 11.1 Å². The van der Waals surface area contributed by atoms with Crippen molar-refractivity contribution in [2.24, 2.45) is 0 Å². The minimum atomic E-state index is 0.349. The van der Waals surface area contributed by atoms with Gasteiger partial charge in [-0.05, 0) is 35.6 Å². The highest BCUT2D eigenvalue weighted by atomic mass is 35.5. The summed E-state index contributed by atoms with van der Waals surface area (Å²) in [5.74, 6) is 0.349. The third-order valence-corrected chi connectivity index (χ3v) is 4.22. The zero-order valence-corrected chi connectivity index (χ0v) is 12.8. The van der Waals surface area contributed by atoms with E-state index in [0.29, 0.717) is 16.0 Å². The Kier molecular flexibility index (Phi) is 4.07. The van der Waals surface area contributed by atoms with Gasteiger partial charge in [-0.3, -0.25) is 0 Å². The molecule has 0 heterocycles. The molecule has 0 aliphatic carbocycles. The first kappa shape index (κ1) is 14.2. The number of hydrogen-bond donors (Lipinski definition) is 1. The van der Waals surface area contributed by atoms with Crippen molar-refractivity contribution in [1.82, 2.24) is 0 Å². The van der Waals surface area contributed by atoms with Gasteiger partial charge in [0.05, 0.1) is 10.0 Å². The maximum atomic E-state index is 6.40. The normalized spacial score (nSPS) is 11.1. The van der Waals surface area contributed by atoms with Gasteiger partial charge in [0.1, 0.15) is 0 Å². The van der Waals surface area contributed by atoms with Crippen molar-refractivity contribution < 1.29 is 0 Å². The highest BCUT2D eigenvalue weighted by molar-refractivity contribution is 6.44. The topological polar surface area (TPSA) is 26.0 Å². The van der Waals surface area contributed by atoms with Crippen LogP contribution in [0.2, 0.25) is 10.0 Å². The average molecular weight is 294 g/mol. The highest BCUT2D eigenvalue weighted by Gasteiger charge is 2.13. The van der Waals surface area contributed by atoms with Crippen molar-refractivity contribution in [3.05, 3.63) is 51.5 Å². The molecule has 0 amide bonds. The summed E-state index contributed by atoms with van der Waals surface area (Å²) in [6.07, 6.45) is 0. The molecule has 0 atom stereocenters. The van der Waals surface area contributed by atoms with Crippen molar-refractivity contribution in [2.75, 3.05) is 5.73 Å². The molecule has 0 aliphatic heterocycles. The summed E-state index contributed by atoms with van der Waals surface area (Å²) < 4.78 is 0. The third-order valence-electron chi connectivity index (χ3n) is 3.32. The first-order chi connectivity index (χ1) is 8.91. The first-order valence-electron chi connectivity index (χ1n) is 6.26. The van der Waals surface area contributed by atoms with Crippen molar-refractivity contribution >= 4 is 28.9 Å². The van der Waals surface area contributed by atoms with E-state index in [0.717, 1.165) is 27.9 Å². The average Bonchev–Trinajstić information content (AvgIpc) is 2.36. The molecule has 3 heteroatoms. The number of anilines is 1. The standard InChI is InChI=1S/C16H17Cl2N/c1-9(2)12-6-7-13(16(18)15(12)17)11-5-4-10(3)14(19)8-11/h4-9H,19H2,1-3H3. The van der Waals surface area contributed by atoms with E-state index in [9.17, 15) is 0 Å². The third kappa shape index (κ3) is 2.72. The van der Waals surface area contributed by atoms with Crippen LogP contribution in [0.15, 0.2) is 30.3 Å². The number of hydrogen-bond acceptors (Lipinski definition) is 1. The van der Waals surface area contributed by atoms with E-state index >= 15 is 0 Å². The van der Waals surface area contributed by atoms with Gasteiger partial charge < -0.3 is 5.73 Å². The van der Waals surface area contributed by atoms with E-state index in [1.807, 2.05) is 37.3 Å². The Morgan fingerprint density at radius 1 is 1.00 bits per heavy atom. The van der Waals surface area contributed by atoms with Crippen molar-refractivity contribution in [3.63, 3.8) is 0 Å². The molecule has 0 saturated heterocycles. The lowest BCUT2D eigenvalue weighted by Crippen LogP contribution is -1.93. The van der Waals surface area contributed by atoms with Gasteiger partial charge in [0.15, 0.2) is 0 Å². The number of aryl methyl sites for hydroxylation is 1. The van der Waals surface area contributed by atoms with Crippen LogP contribution in [0.25, 0.3) is 11.1 Å². The summed E-state index contributed by atoms with van der Waals surface area (Å²) in [6, 6.07) is 9.98. The summed E-state index contributed by atoms with van der Waals surface area (Å²) in [6.45, 7) is 6.18. The van der Waals surface area contributed by atoms with Gasteiger partial charge >= 0.3 is 0 Å². The van der Waals surface area contributed by atoms with Gasteiger partial charge in [-0.15, -0.1) is 0 Å². The van der Waals surface area contributed by atoms with Crippen molar-refractivity contribution in [1.29, 1.82) is 0 Å². The second-order valence-corrected chi connectivity index (χ2v) is 5.81. The van der Waals surface area contributed by atoms with E-state index in [4.69, 9.17) is 28.9 Å². The molecule has 2 N–H and O–H groups in total. The van der Waals surface area contributed by atoms with Crippen LogP contribution in [0.5, 0.6) is 0 Å². The lowest BCUT2D eigenvalue weighted by Gasteiger charge is -2.14. The van der Waals surface area contributed by atoms with Crippen LogP contribution >= 0.6 is 23.2 Å². The van der Waals surface area contributed by atoms with Crippen LogP contribution in [0.3, 0.4) is 0 Å². The molecule has 0 aromatic heterocycles. The largest absolute Gasteiger partial charge is 0.398 e. The smallest absolute Gasteiger partial charge is 0.0673 e. The maximum Gasteiger partial charge on any atom is 0.0673 e. The lowest BCUT2D eigenvalue weighted by molar-refractivity contribution is 0.867. The fourth-order valence-electron chi connectivity index (χ4n) is 2.04. The summed E-state index contributed by atoms with van der Waals surface area (Å²) in [4.78, 5) is 0. The van der Waals surface area contributed by atoms with Gasteiger partial charge in [0.2, 0.25) is 0 Å². The molecule has 2 rings (SSSR count). The first-order valence-corrected chi connectivity index (χ1v) is 7.01. The number of halogens is 2. The summed E-state index contributed by atoms with van der Waals surface area (Å²) in [5.41, 5.74) is 10.7. The minimum Gasteiger partial charge on any atom is -0.398 e. The Balaban J connectivity index is 2.57. The molecule has 0 unspecified atom stereocenters. The predicted molar refractivity (Wildman–Crippen MR) is 85.1 cm³/mol. The molecular weight excluding hydrogens is 277 g/mol. The van der Waals surface area contributed by atoms with Gasteiger partial charge in [-0.25, -0.2) is 0 Å². The van der Waals surface area contributed by atoms with Crippen LogP contribution < -0.4 is 5.73 Å². The number of nitrogen functional groups attached to an aromatic ring is 1. The van der Waals surface area contributed by atoms with E-state index < -0.39 is 0 Å².